The molecule has 6 nitrogen and oxygen atoms in total. The molecule has 24 heavy (non-hydrogen) atoms. The third-order valence-corrected chi connectivity index (χ3v) is 5.43. The van der Waals surface area contributed by atoms with E-state index in [9.17, 15) is 9.59 Å². The van der Waals surface area contributed by atoms with Gasteiger partial charge < -0.3 is 21.3 Å². The molecule has 1 saturated carbocycles. The molecule has 1 aliphatic heterocycles. The van der Waals surface area contributed by atoms with Gasteiger partial charge in [-0.15, -0.1) is 0 Å². The van der Waals surface area contributed by atoms with Gasteiger partial charge in [-0.1, -0.05) is 19.3 Å². The molecule has 0 aromatic heterocycles. The minimum atomic E-state index is -0.0907. The van der Waals surface area contributed by atoms with E-state index in [1.165, 1.54) is 19.3 Å². The van der Waals surface area contributed by atoms with Crippen LogP contribution in [0.3, 0.4) is 0 Å². The van der Waals surface area contributed by atoms with E-state index in [1.54, 1.807) is 0 Å². The molecule has 0 spiro atoms. The fourth-order valence-corrected chi connectivity index (χ4v) is 3.76. The first-order valence-corrected chi connectivity index (χ1v) is 9.64. The van der Waals surface area contributed by atoms with Gasteiger partial charge in [0.1, 0.15) is 0 Å². The van der Waals surface area contributed by atoms with Crippen molar-refractivity contribution in [3.63, 3.8) is 0 Å². The summed E-state index contributed by atoms with van der Waals surface area (Å²) in [4.78, 5) is 26.0. The lowest BCUT2D eigenvalue weighted by Gasteiger charge is -2.33. The monoisotopic (exact) mass is 338 g/mol. The van der Waals surface area contributed by atoms with E-state index < -0.39 is 0 Å². The lowest BCUT2D eigenvalue weighted by molar-refractivity contribution is -0.132. The third-order valence-electron chi connectivity index (χ3n) is 5.43. The molecule has 138 valence electrons. The summed E-state index contributed by atoms with van der Waals surface area (Å²) in [5.74, 6) is 0.742. The Morgan fingerprint density at radius 3 is 2.42 bits per heavy atom. The van der Waals surface area contributed by atoms with Gasteiger partial charge in [-0.25, -0.2) is 4.79 Å². The van der Waals surface area contributed by atoms with Gasteiger partial charge in [0.15, 0.2) is 0 Å². The van der Waals surface area contributed by atoms with Crippen LogP contribution >= 0.6 is 0 Å². The molecular formula is C18H34N4O2. The maximum Gasteiger partial charge on any atom is 0.315 e. The van der Waals surface area contributed by atoms with Crippen LogP contribution in [0, 0.1) is 5.92 Å². The summed E-state index contributed by atoms with van der Waals surface area (Å²) in [7, 11) is 0. The quantitative estimate of drug-likeness (QED) is 0.647. The summed E-state index contributed by atoms with van der Waals surface area (Å²) in [6.45, 7) is 4.24. The number of carbonyl (C=O) groups excluding carboxylic acids is 2. The lowest BCUT2D eigenvalue weighted by atomic mass is 9.91. The van der Waals surface area contributed by atoms with Crippen LogP contribution in [-0.2, 0) is 4.79 Å². The molecule has 0 aromatic carbocycles. The predicted molar refractivity (Wildman–Crippen MR) is 95.6 cm³/mol. The first kappa shape index (κ1) is 19.0. The summed E-state index contributed by atoms with van der Waals surface area (Å²) >= 11 is 0. The number of nitrogens with zero attached hydrogens (tertiary/aromatic N) is 1. The van der Waals surface area contributed by atoms with Crippen molar-refractivity contribution in [2.24, 2.45) is 11.7 Å². The highest BCUT2D eigenvalue weighted by molar-refractivity contribution is 5.76. The Morgan fingerprint density at radius 2 is 1.79 bits per heavy atom. The molecule has 0 aromatic rings. The van der Waals surface area contributed by atoms with Crippen LogP contribution in [0.4, 0.5) is 4.79 Å². The smallest absolute Gasteiger partial charge is 0.315 e. The van der Waals surface area contributed by atoms with Gasteiger partial charge >= 0.3 is 6.03 Å². The first-order valence-electron chi connectivity index (χ1n) is 9.64. The Hall–Kier alpha value is -1.30. The number of carbonyl (C=O) groups is 2. The molecule has 0 radical (unpaired) electrons. The fourth-order valence-electron chi connectivity index (χ4n) is 3.76. The zero-order valence-corrected chi connectivity index (χ0v) is 15.1. The Bertz CT molecular complexity index is 400. The van der Waals surface area contributed by atoms with Crippen LogP contribution in [0.2, 0.25) is 0 Å². The van der Waals surface area contributed by atoms with E-state index in [4.69, 9.17) is 5.73 Å². The molecule has 1 atom stereocenters. The van der Waals surface area contributed by atoms with Gasteiger partial charge in [0.05, 0.1) is 0 Å². The highest BCUT2D eigenvalue weighted by Crippen LogP contribution is 2.20. The van der Waals surface area contributed by atoms with Crippen molar-refractivity contribution < 1.29 is 9.59 Å². The van der Waals surface area contributed by atoms with Crippen LogP contribution in [0.1, 0.15) is 64.7 Å². The molecule has 2 aliphatic rings. The third kappa shape index (κ3) is 6.30. The fraction of sp³-hybridized carbons (Fsp3) is 0.889. The van der Waals surface area contributed by atoms with Crippen LogP contribution in [0.25, 0.3) is 0 Å². The minimum Gasteiger partial charge on any atom is -0.343 e. The topological polar surface area (TPSA) is 87.5 Å². The molecule has 1 unspecified atom stereocenters. The van der Waals surface area contributed by atoms with Crippen molar-refractivity contribution in [1.82, 2.24) is 15.5 Å². The molecule has 2 rings (SSSR count). The van der Waals surface area contributed by atoms with E-state index in [0.29, 0.717) is 31.3 Å². The number of nitrogens with one attached hydrogen (secondary N) is 2. The first-order chi connectivity index (χ1) is 11.6. The predicted octanol–water partition coefficient (Wildman–Crippen LogP) is 1.98. The SMILES string of the molecule is CC(N)C1CCN(C(=O)CCCNC(=O)NC2CCCCC2)CC1. The standard InChI is InChI=1S/C18H34N4O2/c1-14(19)15-9-12-22(13-10-15)17(23)8-5-11-20-18(24)21-16-6-3-2-4-7-16/h14-16H,2-13,19H2,1H3,(H2,20,21,24). The Balaban J connectivity index is 1.53. The second kappa shape index (κ2) is 9.87. The summed E-state index contributed by atoms with van der Waals surface area (Å²) in [5.41, 5.74) is 5.93. The Kier molecular flexibility index (Phi) is 7.82. The molecule has 6 heteroatoms. The van der Waals surface area contributed by atoms with E-state index >= 15 is 0 Å². The van der Waals surface area contributed by atoms with Gasteiger partial charge in [-0.3, -0.25) is 4.79 Å². The van der Waals surface area contributed by atoms with Gasteiger partial charge in [0, 0.05) is 38.1 Å². The van der Waals surface area contributed by atoms with Crippen molar-refractivity contribution in [2.45, 2.75) is 76.8 Å². The zero-order valence-electron chi connectivity index (χ0n) is 15.1. The number of hydrogen-bond acceptors (Lipinski definition) is 3. The molecular weight excluding hydrogens is 304 g/mol. The van der Waals surface area contributed by atoms with Gasteiger partial charge in [-0.2, -0.15) is 0 Å². The number of piperidine rings is 1. The largest absolute Gasteiger partial charge is 0.343 e. The number of likely N-dealkylation sites (tertiary alicyclic amines) is 1. The molecule has 2 fully saturated rings. The van der Waals surface area contributed by atoms with Crippen molar-refractivity contribution in [3.05, 3.63) is 0 Å². The minimum absolute atomic E-state index is 0.0907. The van der Waals surface area contributed by atoms with E-state index in [0.717, 1.165) is 38.8 Å². The van der Waals surface area contributed by atoms with E-state index in [2.05, 4.69) is 10.6 Å². The van der Waals surface area contributed by atoms with Crippen LogP contribution < -0.4 is 16.4 Å². The van der Waals surface area contributed by atoms with Gasteiger partial charge in [0.2, 0.25) is 5.91 Å². The zero-order chi connectivity index (χ0) is 17.4. The number of urea groups is 1. The normalized spacial score (nSPS) is 21.3. The summed E-state index contributed by atoms with van der Waals surface area (Å²) in [5, 5.41) is 5.90. The average Bonchev–Trinajstić information content (AvgIpc) is 2.59. The van der Waals surface area contributed by atoms with Gasteiger partial charge in [-0.05, 0) is 44.9 Å². The van der Waals surface area contributed by atoms with Crippen molar-refractivity contribution in [2.75, 3.05) is 19.6 Å². The van der Waals surface area contributed by atoms with Gasteiger partial charge in [0.25, 0.3) is 0 Å². The van der Waals surface area contributed by atoms with E-state index in [1.807, 2.05) is 11.8 Å². The van der Waals surface area contributed by atoms with Crippen molar-refractivity contribution >= 4 is 11.9 Å². The van der Waals surface area contributed by atoms with Crippen LogP contribution in [0.5, 0.6) is 0 Å². The lowest BCUT2D eigenvalue weighted by Crippen LogP contribution is -2.44. The molecule has 3 amide bonds. The molecule has 1 heterocycles. The van der Waals surface area contributed by atoms with Crippen LogP contribution in [0.15, 0.2) is 0 Å². The highest BCUT2D eigenvalue weighted by atomic mass is 16.2. The molecule has 0 bridgehead atoms. The second-order valence-corrected chi connectivity index (χ2v) is 7.42. The van der Waals surface area contributed by atoms with E-state index in [-0.39, 0.29) is 18.0 Å². The number of amides is 3. The molecule has 4 N–H and O–H groups in total. The molecule has 1 saturated heterocycles. The van der Waals surface area contributed by atoms with Crippen molar-refractivity contribution in [3.8, 4) is 0 Å². The summed E-state index contributed by atoms with van der Waals surface area (Å²) in [6, 6.07) is 0.452. The average molecular weight is 338 g/mol. The number of rotatable bonds is 6. The Morgan fingerprint density at radius 1 is 1.12 bits per heavy atom. The van der Waals surface area contributed by atoms with Crippen LogP contribution in [-0.4, -0.2) is 48.6 Å². The number of hydrogen-bond donors (Lipinski definition) is 3. The number of nitrogens with two attached hydrogens (primary N) is 1. The van der Waals surface area contributed by atoms with Crippen molar-refractivity contribution in [1.29, 1.82) is 0 Å². The summed E-state index contributed by atoms with van der Waals surface area (Å²) in [6.07, 6.45) is 9.08. The maximum atomic E-state index is 12.2. The second-order valence-electron chi connectivity index (χ2n) is 7.42. The maximum absolute atomic E-state index is 12.2. The summed E-state index contributed by atoms with van der Waals surface area (Å²) < 4.78 is 0. The highest BCUT2D eigenvalue weighted by Gasteiger charge is 2.24. The Labute approximate surface area is 145 Å². The molecule has 1 aliphatic carbocycles.